The minimum atomic E-state index is 0.212. The molecule has 0 saturated heterocycles. The highest BCUT2D eigenvalue weighted by atomic mass is 15.0. The molecule has 1 saturated carbocycles. The Balaban J connectivity index is 2.17. The van der Waals surface area contributed by atoms with E-state index >= 15 is 0 Å². The number of hydrogen-bond acceptors (Lipinski definition) is 2. The van der Waals surface area contributed by atoms with Crippen molar-refractivity contribution in [1.82, 2.24) is 5.32 Å². The summed E-state index contributed by atoms with van der Waals surface area (Å²) in [6.45, 7) is 6.38. The fraction of sp³-hybridized carbons (Fsp3) is 1.00. The van der Waals surface area contributed by atoms with Crippen molar-refractivity contribution >= 4 is 0 Å². The molecule has 1 aliphatic carbocycles. The van der Waals surface area contributed by atoms with Crippen molar-refractivity contribution in [2.75, 3.05) is 13.1 Å². The molecule has 2 nitrogen and oxygen atoms in total. The Morgan fingerprint density at radius 3 is 2.29 bits per heavy atom. The molecule has 3 N–H and O–H groups in total. The minimum absolute atomic E-state index is 0.212. The van der Waals surface area contributed by atoms with E-state index in [4.69, 9.17) is 5.73 Å². The van der Waals surface area contributed by atoms with Crippen LogP contribution in [0.4, 0.5) is 0 Å². The van der Waals surface area contributed by atoms with E-state index in [9.17, 15) is 0 Å². The molecule has 2 heteroatoms. The third-order valence-corrected chi connectivity index (χ3v) is 4.02. The van der Waals surface area contributed by atoms with Crippen molar-refractivity contribution in [2.24, 2.45) is 11.7 Å². The lowest BCUT2D eigenvalue weighted by molar-refractivity contribution is 0.255. The van der Waals surface area contributed by atoms with Crippen molar-refractivity contribution in [3.8, 4) is 0 Å². The van der Waals surface area contributed by atoms with Crippen LogP contribution in [0, 0.1) is 5.92 Å². The predicted molar refractivity (Wildman–Crippen MR) is 62.3 cm³/mol. The first-order valence-corrected chi connectivity index (χ1v) is 6.21. The maximum atomic E-state index is 5.83. The molecule has 1 rings (SSSR count). The quantitative estimate of drug-likeness (QED) is 0.658. The molecule has 0 aliphatic heterocycles. The van der Waals surface area contributed by atoms with Crippen LogP contribution in [0.2, 0.25) is 0 Å². The summed E-state index contributed by atoms with van der Waals surface area (Å²) in [4.78, 5) is 0. The Bertz CT molecular complexity index is 140. The third kappa shape index (κ3) is 2.96. The van der Waals surface area contributed by atoms with Crippen LogP contribution in [0.15, 0.2) is 0 Å². The lowest BCUT2D eigenvalue weighted by Gasteiger charge is -2.33. The van der Waals surface area contributed by atoms with Gasteiger partial charge in [0.25, 0.3) is 0 Å². The number of nitrogens with two attached hydrogens (primary N) is 1. The molecular weight excluding hydrogens is 172 g/mol. The van der Waals surface area contributed by atoms with Gasteiger partial charge in [-0.25, -0.2) is 0 Å². The monoisotopic (exact) mass is 198 g/mol. The molecule has 0 unspecified atom stereocenters. The first-order valence-electron chi connectivity index (χ1n) is 6.21. The van der Waals surface area contributed by atoms with Gasteiger partial charge in [0.15, 0.2) is 0 Å². The van der Waals surface area contributed by atoms with Gasteiger partial charge in [-0.15, -0.1) is 0 Å². The van der Waals surface area contributed by atoms with Crippen molar-refractivity contribution in [3.63, 3.8) is 0 Å². The van der Waals surface area contributed by atoms with Crippen LogP contribution in [-0.2, 0) is 0 Å². The fourth-order valence-electron chi connectivity index (χ4n) is 2.18. The van der Waals surface area contributed by atoms with Gasteiger partial charge in [-0.3, -0.25) is 0 Å². The summed E-state index contributed by atoms with van der Waals surface area (Å²) in [5, 5.41) is 3.66. The molecule has 1 fully saturated rings. The van der Waals surface area contributed by atoms with E-state index in [-0.39, 0.29) is 5.54 Å². The predicted octanol–water partition coefficient (Wildman–Crippen LogP) is 2.28. The molecule has 0 aromatic carbocycles. The summed E-state index contributed by atoms with van der Waals surface area (Å²) in [5.74, 6) is 1.01. The van der Waals surface area contributed by atoms with Crippen molar-refractivity contribution < 1.29 is 0 Å². The topological polar surface area (TPSA) is 38.0 Å². The van der Waals surface area contributed by atoms with Gasteiger partial charge in [-0.2, -0.15) is 0 Å². The number of rotatable bonds is 7. The molecule has 0 spiro atoms. The zero-order valence-electron chi connectivity index (χ0n) is 9.81. The molecule has 0 atom stereocenters. The lowest BCUT2D eigenvalue weighted by Crippen LogP contribution is -2.50. The summed E-state index contributed by atoms with van der Waals surface area (Å²) in [6, 6.07) is 0. The van der Waals surface area contributed by atoms with E-state index in [1.165, 1.54) is 25.7 Å². The molecule has 14 heavy (non-hydrogen) atoms. The highest BCUT2D eigenvalue weighted by molar-refractivity contribution is 4.86. The first-order chi connectivity index (χ1) is 6.76. The van der Waals surface area contributed by atoms with Crippen LogP contribution >= 0.6 is 0 Å². The molecule has 0 radical (unpaired) electrons. The molecule has 0 aromatic heterocycles. The Labute approximate surface area is 88.6 Å². The zero-order valence-corrected chi connectivity index (χ0v) is 9.81. The summed E-state index contributed by atoms with van der Waals surface area (Å²) in [5.41, 5.74) is 6.04. The normalized spacial score (nSPS) is 18.2. The van der Waals surface area contributed by atoms with E-state index in [1.54, 1.807) is 0 Å². The maximum Gasteiger partial charge on any atom is 0.0298 e. The van der Waals surface area contributed by atoms with Crippen molar-refractivity contribution in [1.29, 1.82) is 0 Å². The Hall–Kier alpha value is -0.0800. The maximum absolute atomic E-state index is 5.83. The summed E-state index contributed by atoms with van der Waals surface area (Å²) >= 11 is 0. The highest BCUT2D eigenvalue weighted by Crippen LogP contribution is 2.29. The molecular formula is C12H26N2. The SMILES string of the molecule is CCC(CC)(CN)NCCC1CCC1. The van der Waals surface area contributed by atoms with Gasteiger partial charge in [0, 0.05) is 12.1 Å². The van der Waals surface area contributed by atoms with Crippen LogP contribution < -0.4 is 11.1 Å². The average molecular weight is 198 g/mol. The van der Waals surface area contributed by atoms with Gasteiger partial charge < -0.3 is 11.1 Å². The summed E-state index contributed by atoms with van der Waals surface area (Å²) in [7, 11) is 0. The van der Waals surface area contributed by atoms with Gasteiger partial charge in [0.1, 0.15) is 0 Å². The van der Waals surface area contributed by atoms with Crippen LogP contribution in [0.3, 0.4) is 0 Å². The molecule has 0 aromatic rings. The molecule has 0 bridgehead atoms. The number of nitrogens with one attached hydrogen (secondary N) is 1. The second-order valence-corrected chi connectivity index (χ2v) is 4.70. The smallest absolute Gasteiger partial charge is 0.0298 e. The lowest BCUT2D eigenvalue weighted by atomic mass is 9.82. The van der Waals surface area contributed by atoms with E-state index < -0.39 is 0 Å². The third-order valence-electron chi connectivity index (χ3n) is 4.02. The van der Waals surface area contributed by atoms with Gasteiger partial charge in [-0.05, 0) is 31.7 Å². The molecule has 0 heterocycles. The summed E-state index contributed by atoms with van der Waals surface area (Å²) in [6.07, 6.45) is 8.00. The van der Waals surface area contributed by atoms with Gasteiger partial charge in [-0.1, -0.05) is 33.1 Å². The summed E-state index contributed by atoms with van der Waals surface area (Å²) < 4.78 is 0. The van der Waals surface area contributed by atoms with Crippen LogP contribution in [0.25, 0.3) is 0 Å². The van der Waals surface area contributed by atoms with Gasteiger partial charge in [0.05, 0.1) is 0 Å². The van der Waals surface area contributed by atoms with Gasteiger partial charge >= 0.3 is 0 Å². The van der Waals surface area contributed by atoms with E-state index in [1.807, 2.05) is 0 Å². The highest BCUT2D eigenvalue weighted by Gasteiger charge is 2.24. The largest absolute Gasteiger partial charge is 0.329 e. The molecule has 1 aliphatic rings. The Morgan fingerprint density at radius 2 is 1.93 bits per heavy atom. The van der Waals surface area contributed by atoms with Crippen molar-refractivity contribution in [3.05, 3.63) is 0 Å². The van der Waals surface area contributed by atoms with E-state index in [2.05, 4.69) is 19.2 Å². The Kier molecular flexibility index (Phi) is 4.90. The van der Waals surface area contributed by atoms with Crippen molar-refractivity contribution in [2.45, 2.75) is 57.9 Å². The number of hydrogen-bond donors (Lipinski definition) is 2. The second kappa shape index (κ2) is 5.72. The van der Waals surface area contributed by atoms with Crippen LogP contribution in [0.5, 0.6) is 0 Å². The minimum Gasteiger partial charge on any atom is -0.329 e. The van der Waals surface area contributed by atoms with E-state index in [0.717, 1.165) is 31.8 Å². The first kappa shape index (κ1) is 12.0. The molecule has 84 valence electrons. The fourth-order valence-corrected chi connectivity index (χ4v) is 2.18. The molecule has 0 amide bonds. The second-order valence-electron chi connectivity index (χ2n) is 4.70. The van der Waals surface area contributed by atoms with E-state index in [0.29, 0.717) is 0 Å². The van der Waals surface area contributed by atoms with Gasteiger partial charge in [0.2, 0.25) is 0 Å². The van der Waals surface area contributed by atoms with Crippen LogP contribution in [0.1, 0.15) is 52.4 Å². The van der Waals surface area contributed by atoms with Crippen LogP contribution in [-0.4, -0.2) is 18.6 Å². The standard InChI is InChI=1S/C12H26N2/c1-3-12(4-2,10-13)14-9-8-11-6-5-7-11/h11,14H,3-10,13H2,1-2H3. The zero-order chi connectivity index (χ0) is 10.4. The Morgan fingerprint density at radius 1 is 1.29 bits per heavy atom. The average Bonchev–Trinajstić information content (AvgIpc) is 2.17.